The van der Waals surface area contributed by atoms with Crippen molar-refractivity contribution in [3.63, 3.8) is 0 Å². The van der Waals surface area contributed by atoms with Crippen LogP contribution in [0.5, 0.6) is 0 Å². The van der Waals surface area contributed by atoms with Gasteiger partial charge in [-0.3, -0.25) is 0 Å². The first-order valence-corrected chi connectivity index (χ1v) is 6.81. The maximum Gasteiger partial charge on any atom is 0.160 e. The Labute approximate surface area is 124 Å². The Hall–Kier alpha value is -0.650. The van der Waals surface area contributed by atoms with E-state index in [0.29, 0.717) is 25.9 Å². The van der Waals surface area contributed by atoms with Gasteiger partial charge in [0.2, 0.25) is 0 Å². The average molecular weight is 321 g/mol. The van der Waals surface area contributed by atoms with Gasteiger partial charge in [-0.25, -0.2) is 10.8 Å². The number of hydrazine groups is 1. The van der Waals surface area contributed by atoms with Crippen molar-refractivity contribution in [3.8, 4) is 0 Å². The number of nitrogens with zero attached hydrogens (tertiary/aromatic N) is 1. The second-order valence-corrected chi connectivity index (χ2v) is 5.62. The molecule has 0 radical (unpaired) electrons. The van der Waals surface area contributed by atoms with Gasteiger partial charge in [0.1, 0.15) is 5.03 Å². The third-order valence-electron chi connectivity index (χ3n) is 2.06. The number of anilines is 1. The third-order valence-corrected chi connectivity index (χ3v) is 4.01. The first kappa shape index (κ1) is 13.8. The van der Waals surface area contributed by atoms with Gasteiger partial charge in [-0.2, -0.15) is 0 Å². The van der Waals surface area contributed by atoms with Crippen LogP contribution in [0.25, 0.3) is 0 Å². The summed E-state index contributed by atoms with van der Waals surface area (Å²) in [6, 6.07) is 8.97. The quantitative estimate of drug-likeness (QED) is 0.647. The zero-order valence-corrected chi connectivity index (χ0v) is 12.0. The maximum atomic E-state index is 6.08. The second kappa shape index (κ2) is 5.99. The maximum absolute atomic E-state index is 6.08. The van der Waals surface area contributed by atoms with E-state index in [1.807, 2.05) is 12.1 Å². The number of pyridine rings is 1. The smallest absolute Gasteiger partial charge is 0.160 e. The molecule has 18 heavy (non-hydrogen) atoms. The van der Waals surface area contributed by atoms with E-state index in [-0.39, 0.29) is 0 Å². The van der Waals surface area contributed by atoms with Crippen LogP contribution in [0.4, 0.5) is 5.82 Å². The highest BCUT2D eigenvalue weighted by Gasteiger charge is 2.10. The third kappa shape index (κ3) is 3.22. The van der Waals surface area contributed by atoms with Crippen LogP contribution in [0.15, 0.2) is 40.3 Å². The van der Waals surface area contributed by atoms with Gasteiger partial charge in [-0.15, -0.1) is 0 Å². The summed E-state index contributed by atoms with van der Waals surface area (Å²) in [5, 5.41) is 2.15. The van der Waals surface area contributed by atoms with Gasteiger partial charge in [0.15, 0.2) is 5.82 Å². The highest BCUT2D eigenvalue weighted by atomic mass is 35.5. The zero-order chi connectivity index (χ0) is 13.1. The molecule has 3 N–H and O–H groups in total. The molecule has 7 heteroatoms. The van der Waals surface area contributed by atoms with Crippen molar-refractivity contribution in [1.29, 1.82) is 0 Å². The first-order chi connectivity index (χ1) is 8.60. The fourth-order valence-electron chi connectivity index (χ4n) is 1.24. The lowest BCUT2D eigenvalue weighted by Gasteiger charge is -2.08. The molecule has 0 aliphatic carbocycles. The predicted octanol–water partition coefficient (Wildman–Crippen LogP) is 4.48. The summed E-state index contributed by atoms with van der Waals surface area (Å²) in [6.45, 7) is 0. The number of nitrogens with one attached hydrogen (secondary N) is 1. The molecule has 0 spiro atoms. The van der Waals surface area contributed by atoms with Crippen LogP contribution in [-0.2, 0) is 0 Å². The molecule has 0 fully saturated rings. The van der Waals surface area contributed by atoms with Gasteiger partial charge in [0.05, 0.1) is 10.0 Å². The molecule has 0 aliphatic heterocycles. The summed E-state index contributed by atoms with van der Waals surface area (Å²) in [5.41, 5.74) is 2.42. The first-order valence-electron chi connectivity index (χ1n) is 4.86. The van der Waals surface area contributed by atoms with E-state index in [1.54, 1.807) is 18.2 Å². The zero-order valence-electron chi connectivity index (χ0n) is 8.95. The molecule has 0 amide bonds. The molecule has 0 aliphatic rings. The molecule has 0 unspecified atom stereocenters. The largest absolute Gasteiger partial charge is 0.307 e. The highest BCUT2D eigenvalue weighted by molar-refractivity contribution is 7.99. The summed E-state index contributed by atoms with van der Waals surface area (Å²) in [5.74, 6) is 5.70. The van der Waals surface area contributed by atoms with E-state index in [1.165, 1.54) is 11.8 Å². The minimum atomic E-state index is 0.378. The lowest BCUT2D eigenvalue weighted by molar-refractivity contribution is 1.11. The van der Waals surface area contributed by atoms with Gasteiger partial charge in [0.25, 0.3) is 0 Å². The standard InChI is InChI=1S/C11H8Cl3N3S/c12-6-1-3-7(4-2-6)18-11-9(14)5-8(13)10(16-11)17-15/h1-5H,15H2,(H,16,17). The molecule has 1 aromatic heterocycles. The van der Waals surface area contributed by atoms with Crippen LogP contribution in [0.3, 0.4) is 0 Å². The van der Waals surface area contributed by atoms with Crippen LogP contribution in [0, 0.1) is 0 Å². The summed E-state index contributed by atoms with van der Waals surface area (Å²) in [4.78, 5) is 5.21. The highest BCUT2D eigenvalue weighted by Crippen LogP contribution is 2.35. The Morgan fingerprint density at radius 2 is 1.72 bits per heavy atom. The van der Waals surface area contributed by atoms with Crippen molar-refractivity contribution < 1.29 is 0 Å². The van der Waals surface area contributed by atoms with E-state index in [0.717, 1.165) is 4.90 Å². The van der Waals surface area contributed by atoms with Gasteiger partial charge < -0.3 is 5.43 Å². The predicted molar refractivity (Wildman–Crippen MR) is 77.6 cm³/mol. The molecule has 0 atom stereocenters. The fourth-order valence-corrected chi connectivity index (χ4v) is 2.68. The molecule has 2 rings (SSSR count). The van der Waals surface area contributed by atoms with Gasteiger partial charge in [0, 0.05) is 9.92 Å². The van der Waals surface area contributed by atoms with Crippen molar-refractivity contribution in [1.82, 2.24) is 4.98 Å². The van der Waals surface area contributed by atoms with Crippen molar-refractivity contribution >= 4 is 52.4 Å². The number of halogens is 3. The number of aromatic nitrogens is 1. The second-order valence-electron chi connectivity index (χ2n) is 3.31. The molecule has 0 saturated heterocycles. The summed E-state index contributed by atoms with van der Waals surface area (Å²) < 4.78 is 0. The Balaban J connectivity index is 2.31. The number of hydrogen-bond donors (Lipinski definition) is 2. The average Bonchev–Trinajstić information content (AvgIpc) is 2.35. The molecule has 94 valence electrons. The van der Waals surface area contributed by atoms with Crippen LogP contribution in [0.1, 0.15) is 0 Å². The number of hydrogen-bond acceptors (Lipinski definition) is 4. The van der Waals surface area contributed by atoms with Crippen molar-refractivity contribution in [3.05, 3.63) is 45.4 Å². The van der Waals surface area contributed by atoms with Crippen molar-refractivity contribution in [2.45, 2.75) is 9.92 Å². The summed E-state index contributed by atoms with van der Waals surface area (Å²) >= 11 is 19.2. The van der Waals surface area contributed by atoms with E-state index >= 15 is 0 Å². The lowest BCUT2D eigenvalue weighted by Crippen LogP contribution is -2.09. The van der Waals surface area contributed by atoms with Crippen molar-refractivity contribution in [2.24, 2.45) is 5.84 Å². The number of nitrogens with two attached hydrogens (primary N) is 1. The van der Waals surface area contributed by atoms with E-state index in [4.69, 9.17) is 40.6 Å². The minimum absolute atomic E-state index is 0.378. The van der Waals surface area contributed by atoms with E-state index in [9.17, 15) is 0 Å². The monoisotopic (exact) mass is 319 g/mol. The SMILES string of the molecule is NNc1nc(Sc2ccc(Cl)cc2)c(Cl)cc1Cl. The normalized spacial score (nSPS) is 10.4. The molecular weight excluding hydrogens is 313 g/mol. The van der Waals surface area contributed by atoms with Gasteiger partial charge >= 0.3 is 0 Å². The van der Waals surface area contributed by atoms with Crippen LogP contribution < -0.4 is 11.3 Å². The molecule has 1 aromatic carbocycles. The van der Waals surface area contributed by atoms with Gasteiger partial charge in [-0.1, -0.05) is 46.6 Å². The van der Waals surface area contributed by atoms with Crippen LogP contribution in [0.2, 0.25) is 15.1 Å². The Morgan fingerprint density at radius 1 is 1.06 bits per heavy atom. The topological polar surface area (TPSA) is 50.9 Å². The molecule has 2 aromatic rings. The summed E-state index contributed by atoms with van der Waals surface area (Å²) in [6.07, 6.45) is 0. The number of benzene rings is 1. The van der Waals surface area contributed by atoms with Crippen molar-refractivity contribution in [2.75, 3.05) is 5.43 Å². The minimum Gasteiger partial charge on any atom is -0.307 e. The molecule has 0 saturated carbocycles. The Bertz CT molecular complexity index is 560. The van der Waals surface area contributed by atoms with E-state index < -0.39 is 0 Å². The van der Waals surface area contributed by atoms with Gasteiger partial charge in [-0.05, 0) is 30.3 Å². The number of rotatable bonds is 3. The molecule has 1 heterocycles. The Kier molecular flexibility index (Phi) is 4.59. The fraction of sp³-hybridized carbons (Fsp3) is 0. The summed E-state index contributed by atoms with van der Waals surface area (Å²) in [7, 11) is 0. The lowest BCUT2D eigenvalue weighted by atomic mass is 10.4. The van der Waals surface area contributed by atoms with Crippen LogP contribution >= 0.6 is 46.6 Å². The molecule has 3 nitrogen and oxygen atoms in total. The van der Waals surface area contributed by atoms with E-state index in [2.05, 4.69) is 10.4 Å². The van der Waals surface area contributed by atoms with Crippen LogP contribution in [-0.4, -0.2) is 4.98 Å². The number of nitrogen functional groups attached to an aromatic ring is 1. The molecule has 0 bridgehead atoms. The molecular formula is C11H8Cl3N3S. The Morgan fingerprint density at radius 3 is 2.33 bits per heavy atom.